The summed E-state index contributed by atoms with van der Waals surface area (Å²) in [5.74, 6) is 5.47. The van der Waals surface area contributed by atoms with Gasteiger partial charge in [-0.1, -0.05) is 121 Å². The zero-order valence-corrected chi connectivity index (χ0v) is 31.7. The second kappa shape index (κ2) is 16.1. The van der Waals surface area contributed by atoms with Crippen LogP contribution in [0.2, 0.25) is 0 Å². The predicted octanol–water partition coefficient (Wildman–Crippen LogP) is 13.3. The summed E-state index contributed by atoms with van der Waals surface area (Å²) in [7, 11) is 0. The molecule has 0 fully saturated rings. The van der Waals surface area contributed by atoms with Gasteiger partial charge in [0.1, 0.15) is 0 Å². The van der Waals surface area contributed by atoms with Gasteiger partial charge in [0.15, 0.2) is 23.0 Å². The van der Waals surface area contributed by atoms with Gasteiger partial charge < -0.3 is 17.7 Å². The largest absolute Gasteiger partial charge is 0.436 e. The Kier molecular flexibility index (Phi) is 9.95. The van der Waals surface area contributed by atoms with Crippen molar-refractivity contribution in [3.05, 3.63) is 194 Å². The van der Waals surface area contributed by atoms with Crippen molar-refractivity contribution in [1.82, 2.24) is 19.9 Å². The number of aromatic nitrogens is 4. The quantitative estimate of drug-likeness (QED) is 0.151. The third-order valence-electron chi connectivity index (χ3n) is 9.55. The summed E-state index contributed by atoms with van der Waals surface area (Å²) >= 11 is 0. The molecule has 0 atom stereocenters. The van der Waals surface area contributed by atoms with E-state index in [9.17, 15) is 0 Å². The SMILES string of the molecule is Cc1nc(-c2ccc(-c3nc(C)c(-c4ccccc4)o3)cc2)oc1-c1ccccc1.c1ccc(-c2cnc(-c3ccc(-c4ncc(-c5ccccc5)o4)cc3)o2)cc1. The molecule has 0 unspecified atom stereocenters. The first-order chi connectivity index (χ1) is 28.6. The molecule has 0 aliphatic rings. The first-order valence-corrected chi connectivity index (χ1v) is 18.9. The van der Waals surface area contributed by atoms with E-state index in [1.165, 1.54) is 0 Å². The highest BCUT2D eigenvalue weighted by Crippen LogP contribution is 2.34. The van der Waals surface area contributed by atoms with Crippen LogP contribution in [0.5, 0.6) is 0 Å². The van der Waals surface area contributed by atoms with E-state index >= 15 is 0 Å². The van der Waals surface area contributed by atoms with E-state index in [0.717, 1.165) is 78.9 Å². The van der Waals surface area contributed by atoms with E-state index in [-0.39, 0.29) is 0 Å². The molecule has 0 N–H and O–H groups in total. The van der Waals surface area contributed by atoms with Crippen molar-refractivity contribution in [1.29, 1.82) is 0 Å². The minimum atomic E-state index is 0.586. The van der Waals surface area contributed by atoms with Gasteiger partial charge in [0.25, 0.3) is 0 Å². The third-order valence-corrected chi connectivity index (χ3v) is 9.55. The lowest BCUT2D eigenvalue weighted by atomic mass is 10.1. The zero-order chi connectivity index (χ0) is 39.3. The fourth-order valence-corrected chi connectivity index (χ4v) is 6.55. The monoisotopic (exact) mass is 756 g/mol. The summed E-state index contributed by atoms with van der Waals surface area (Å²) in [6, 6.07) is 55.7. The van der Waals surface area contributed by atoms with E-state index in [1.54, 1.807) is 12.4 Å². The van der Waals surface area contributed by atoms with E-state index in [4.69, 9.17) is 17.7 Å². The Morgan fingerprint density at radius 3 is 0.914 bits per heavy atom. The van der Waals surface area contributed by atoms with E-state index in [1.807, 2.05) is 184 Å². The van der Waals surface area contributed by atoms with E-state index < -0.39 is 0 Å². The highest BCUT2D eigenvalue weighted by Gasteiger charge is 2.16. The Balaban J connectivity index is 0.000000151. The lowest BCUT2D eigenvalue weighted by molar-refractivity contribution is 0.586. The summed E-state index contributed by atoms with van der Waals surface area (Å²) in [6.07, 6.45) is 3.50. The molecular formula is C50H36N4O4. The summed E-state index contributed by atoms with van der Waals surface area (Å²) in [4.78, 5) is 18.0. The number of benzene rings is 6. The minimum absolute atomic E-state index is 0.586. The Morgan fingerprint density at radius 2 is 0.586 bits per heavy atom. The molecule has 10 rings (SSSR count). The number of hydrogen-bond donors (Lipinski definition) is 0. The Hall–Kier alpha value is -7.84. The molecule has 0 bridgehead atoms. The van der Waals surface area contributed by atoms with Crippen LogP contribution in [-0.2, 0) is 0 Å². The first kappa shape index (κ1) is 35.8. The van der Waals surface area contributed by atoms with Crippen molar-refractivity contribution in [3.63, 3.8) is 0 Å². The van der Waals surface area contributed by atoms with Crippen LogP contribution < -0.4 is 0 Å². The number of rotatable bonds is 8. The average molecular weight is 757 g/mol. The molecule has 4 aromatic heterocycles. The van der Waals surface area contributed by atoms with E-state index in [0.29, 0.717) is 23.6 Å². The van der Waals surface area contributed by atoms with Crippen LogP contribution >= 0.6 is 0 Å². The molecule has 0 saturated carbocycles. The molecule has 58 heavy (non-hydrogen) atoms. The standard InChI is InChI=1S/C26H20N2O2.C24H16N2O2/c1-17-23(19-9-5-3-6-10-19)29-25(27-17)21-13-15-22(16-14-21)26-28-18(2)24(30-26)20-11-7-4-8-12-20;1-3-7-17(8-4-1)21-15-25-23(27-21)19-11-13-20(14-12-19)24-26-16-22(28-24)18-9-5-2-6-10-18/h3-16H,1-2H3;1-16H. The van der Waals surface area contributed by atoms with Gasteiger partial charge in [-0.2, -0.15) is 0 Å². The van der Waals surface area contributed by atoms with Crippen molar-refractivity contribution in [2.24, 2.45) is 0 Å². The van der Waals surface area contributed by atoms with E-state index in [2.05, 4.69) is 19.9 Å². The molecule has 6 aromatic carbocycles. The molecule has 0 aliphatic heterocycles. The van der Waals surface area contributed by atoms with Gasteiger partial charge in [-0.25, -0.2) is 19.9 Å². The zero-order valence-electron chi connectivity index (χ0n) is 31.7. The lowest BCUT2D eigenvalue weighted by Crippen LogP contribution is -1.81. The number of nitrogens with zero attached hydrogens (tertiary/aromatic N) is 4. The van der Waals surface area contributed by atoms with Gasteiger partial charge in [0.2, 0.25) is 23.6 Å². The fourth-order valence-electron chi connectivity index (χ4n) is 6.55. The summed E-state index contributed by atoms with van der Waals surface area (Å²) in [5, 5.41) is 0. The topological polar surface area (TPSA) is 104 Å². The normalized spacial score (nSPS) is 10.9. The van der Waals surface area contributed by atoms with Gasteiger partial charge in [-0.15, -0.1) is 0 Å². The van der Waals surface area contributed by atoms with Crippen LogP contribution in [0, 0.1) is 13.8 Å². The molecular weight excluding hydrogens is 721 g/mol. The van der Waals surface area contributed by atoms with Gasteiger partial charge >= 0.3 is 0 Å². The number of aryl methyl sites for hydroxylation is 2. The van der Waals surface area contributed by atoms with Crippen molar-refractivity contribution in [3.8, 4) is 91.1 Å². The third kappa shape index (κ3) is 7.67. The van der Waals surface area contributed by atoms with Crippen molar-refractivity contribution >= 4 is 0 Å². The second-order valence-corrected chi connectivity index (χ2v) is 13.5. The Morgan fingerprint density at radius 1 is 0.293 bits per heavy atom. The highest BCUT2D eigenvalue weighted by molar-refractivity contribution is 5.69. The van der Waals surface area contributed by atoms with Gasteiger partial charge in [-0.3, -0.25) is 0 Å². The van der Waals surface area contributed by atoms with Crippen molar-refractivity contribution in [2.75, 3.05) is 0 Å². The van der Waals surface area contributed by atoms with Crippen LogP contribution in [0.4, 0.5) is 0 Å². The van der Waals surface area contributed by atoms with Crippen LogP contribution in [0.25, 0.3) is 91.1 Å². The van der Waals surface area contributed by atoms with Gasteiger partial charge in [0, 0.05) is 44.5 Å². The van der Waals surface area contributed by atoms with Crippen molar-refractivity contribution in [2.45, 2.75) is 13.8 Å². The smallest absolute Gasteiger partial charge is 0.226 e. The highest BCUT2D eigenvalue weighted by atomic mass is 16.4. The minimum Gasteiger partial charge on any atom is -0.436 e. The molecule has 0 saturated heterocycles. The maximum Gasteiger partial charge on any atom is 0.226 e. The lowest BCUT2D eigenvalue weighted by Gasteiger charge is -1.99. The Labute approximate surface area is 335 Å². The second-order valence-electron chi connectivity index (χ2n) is 13.5. The van der Waals surface area contributed by atoms with Gasteiger partial charge in [-0.05, 0) is 62.4 Å². The molecule has 0 radical (unpaired) electrons. The first-order valence-electron chi connectivity index (χ1n) is 18.9. The molecule has 280 valence electrons. The molecule has 8 heteroatoms. The maximum absolute atomic E-state index is 6.06. The average Bonchev–Trinajstić information content (AvgIpc) is 4.13. The molecule has 8 nitrogen and oxygen atoms in total. The van der Waals surface area contributed by atoms with Crippen LogP contribution in [0.1, 0.15) is 11.4 Å². The van der Waals surface area contributed by atoms with Crippen LogP contribution in [0.15, 0.2) is 200 Å². The molecule has 0 aliphatic carbocycles. The fraction of sp³-hybridized carbons (Fsp3) is 0.0400. The maximum atomic E-state index is 6.06. The summed E-state index contributed by atoms with van der Waals surface area (Å²) < 4.78 is 24.0. The van der Waals surface area contributed by atoms with Crippen molar-refractivity contribution < 1.29 is 17.7 Å². The predicted molar refractivity (Wildman–Crippen MR) is 226 cm³/mol. The van der Waals surface area contributed by atoms with Crippen LogP contribution in [-0.4, -0.2) is 19.9 Å². The molecule has 0 spiro atoms. The summed E-state index contributed by atoms with van der Waals surface area (Å²) in [6.45, 7) is 3.93. The molecule has 10 aromatic rings. The molecule has 4 heterocycles. The molecule has 0 amide bonds. The number of hydrogen-bond acceptors (Lipinski definition) is 8. The summed E-state index contributed by atoms with van der Waals surface area (Å²) in [5.41, 5.74) is 9.43. The van der Waals surface area contributed by atoms with Crippen LogP contribution in [0.3, 0.4) is 0 Å². The van der Waals surface area contributed by atoms with Gasteiger partial charge in [0.05, 0.1) is 23.8 Å². The number of oxazole rings is 4. The Bertz CT molecular complexity index is 2680.